The predicted octanol–water partition coefficient (Wildman–Crippen LogP) is 1.53. The average Bonchev–Trinajstić information content (AvgIpc) is 2.33. The summed E-state index contributed by atoms with van der Waals surface area (Å²) >= 11 is 0. The molecule has 0 saturated carbocycles. The molecule has 1 aliphatic rings. The highest BCUT2D eigenvalue weighted by molar-refractivity contribution is 5.19. The van der Waals surface area contributed by atoms with E-state index >= 15 is 0 Å². The topological polar surface area (TPSA) is 49.5 Å². The molecule has 3 heteroatoms. The van der Waals surface area contributed by atoms with E-state index in [-0.39, 0.29) is 6.04 Å². The third-order valence-electron chi connectivity index (χ3n) is 3.72. The van der Waals surface area contributed by atoms with Crippen molar-refractivity contribution >= 4 is 0 Å². The van der Waals surface area contributed by atoms with Gasteiger partial charge in [0, 0.05) is 25.7 Å². The van der Waals surface area contributed by atoms with E-state index in [2.05, 4.69) is 29.2 Å². The molecule has 1 fully saturated rings. The molecule has 3 nitrogen and oxygen atoms in total. The van der Waals surface area contributed by atoms with Gasteiger partial charge in [0.1, 0.15) is 0 Å². The van der Waals surface area contributed by atoms with Crippen LogP contribution >= 0.6 is 0 Å². The van der Waals surface area contributed by atoms with E-state index in [1.807, 2.05) is 13.0 Å². The van der Waals surface area contributed by atoms with Crippen LogP contribution in [0.3, 0.4) is 0 Å². The molecule has 1 saturated heterocycles. The Bertz CT molecular complexity index is 340. The minimum absolute atomic E-state index is 0.285. The molecule has 0 amide bonds. The summed E-state index contributed by atoms with van der Waals surface area (Å²) in [4.78, 5) is 2.38. The molecule has 0 spiro atoms. The highest BCUT2D eigenvalue weighted by Gasteiger charge is 2.30. The molecule has 0 aliphatic carbocycles. The number of likely N-dealkylation sites (tertiary alicyclic amines) is 1. The highest BCUT2D eigenvalue weighted by Crippen LogP contribution is 2.28. The maximum atomic E-state index is 9.96. The molecule has 17 heavy (non-hydrogen) atoms. The number of aliphatic hydroxyl groups is 1. The third kappa shape index (κ3) is 3.06. The van der Waals surface area contributed by atoms with Crippen LogP contribution in [-0.2, 0) is 0 Å². The van der Waals surface area contributed by atoms with Crippen LogP contribution in [0.1, 0.15) is 31.4 Å². The second-order valence-electron chi connectivity index (χ2n) is 5.20. The van der Waals surface area contributed by atoms with Crippen LogP contribution in [0.4, 0.5) is 0 Å². The third-order valence-corrected chi connectivity index (χ3v) is 3.72. The van der Waals surface area contributed by atoms with E-state index in [0.29, 0.717) is 6.54 Å². The van der Waals surface area contributed by atoms with Gasteiger partial charge in [-0.25, -0.2) is 0 Å². The summed E-state index contributed by atoms with van der Waals surface area (Å²) in [5.74, 6) is 0. The van der Waals surface area contributed by atoms with Gasteiger partial charge in [0.2, 0.25) is 0 Å². The van der Waals surface area contributed by atoms with Gasteiger partial charge in [-0.05, 0) is 25.3 Å². The molecular weight excluding hydrogens is 212 g/mol. The summed E-state index contributed by atoms with van der Waals surface area (Å²) < 4.78 is 0. The normalized spacial score (nSPS) is 22.3. The van der Waals surface area contributed by atoms with Crippen LogP contribution in [0.5, 0.6) is 0 Å². The number of piperidine rings is 1. The molecule has 1 heterocycles. The van der Waals surface area contributed by atoms with Crippen LogP contribution in [0, 0.1) is 0 Å². The van der Waals surface area contributed by atoms with E-state index in [1.165, 1.54) is 5.56 Å². The Hall–Kier alpha value is -0.900. The number of nitrogens with two attached hydrogens (primary N) is 1. The van der Waals surface area contributed by atoms with E-state index in [4.69, 9.17) is 5.73 Å². The summed E-state index contributed by atoms with van der Waals surface area (Å²) in [6.07, 6.45) is 1.66. The molecule has 0 bridgehead atoms. The zero-order valence-electron chi connectivity index (χ0n) is 10.5. The molecule has 2 rings (SSSR count). The molecule has 1 unspecified atom stereocenters. The summed E-state index contributed by atoms with van der Waals surface area (Å²) in [6.45, 7) is 4.39. The smallest absolute Gasteiger partial charge is 0.0644 e. The molecule has 3 N–H and O–H groups in total. The fourth-order valence-corrected chi connectivity index (χ4v) is 2.49. The van der Waals surface area contributed by atoms with Crippen molar-refractivity contribution in [3.63, 3.8) is 0 Å². The van der Waals surface area contributed by atoms with Gasteiger partial charge in [-0.3, -0.25) is 4.90 Å². The average molecular weight is 234 g/mol. The van der Waals surface area contributed by atoms with Crippen molar-refractivity contribution in [2.45, 2.75) is 31.4 Å². The van der Waals surface area contributed by atoms with Gasteiger partial charge in [-0.1, -0.05) is 30.3 Å². The first-order valence-electron chi connectivity index (χ1n) is 6.34. The van der Waals surface area contributed by atoms with Crippen molar-refractivity contribution in [3.05, 3.63) is 35.9 Å². The molecule has 1 aromatic rings. The van der Waals surface area contributed by atoms with Crippen molar-refractivity contribution in [1.29, 1.82) is 0 Å². The van der Waals surface area contributed by atoms with E-state index in [9.17, 15) is 5.11 Å². The fraction of sp³-hybridized carbons (Fsp3) is 0.571. The first-order chi connectivity index (χ1) is 8.12. The summed E-state index contributed by atoms with van der Waals surface area (Å²) in [5.41, 5.74) is 6.68. The van der Waals surface area contributed by atoms with E-state index in [0.717, 1.165) is 25.9 Å². The number of hydrogen-bond acceptors (Lipinski definition) is 3. The first kappa shape index (κ1) is 12.6. The lowest BCUT2D eigenvalue weighted by Crippen LogP contribution is -2.45. The summed E-state index contributed by atoms with van der Waals surface area (Å²) in [7, 11) is 0. The minimum Gasteiger partial charge on any atom is -0.390 e. The summed E-state index contributed by atoms with van der Waals surface area (Å²) in [6, 6.07) is 10.7. The van der Waals surface area contributed by atoms with Crippen LogP contribution < -0.4 is 5.73 Å². The number of rotatable bonds is 3. The Morgan fingerprint density at radius 3 is 2.41 bits per heavy atom. The minimum atomic E-state index is -0.494. The lowest BCUT2D eigenvalue weighted by molar-refractivity contribution is -0.0160. The number of benzene rings is 1. The lowest BCUT2D eigenvalue weighted by Gasteiger charge is -2.40. The van der Waals surface area contributed by atoms with Crippen molar-refractivity contribution in [2.24, 2.45) is 5.73 Å². The van der Waals surface area contributed by atoms with Crippen molar-refractivity contribution in [3.8, 4) is 0 Å². The SMILES string of the molecule is CC1(O)CCN(C(CN)c2ccccc2)CC1. The van der Waals surface area contributed by atoms with Gasteiger partial charge in [0.15, 0.2) is 0 Å². The molecule has 1 aromatic carbocycles. The molecular formula is C14H22N2O. The Balaban J connectivity index is 2.05. The second kappa shape index (κ2) is 5.17. The van der Waals surface area contributed by atoms with E-state index in [1.54, 1.807) is 0 Å². The van der Waals surface area contributed by atoms with Crippen molar-refractivity contribution < 1.29 is 5.11 Å². The van der Waals surface area contributed by atoms with Crippen LogP contribution in [0.25, 0.3) is 0 Å². The number of nitrogens with zero attached hydrogens (tertiary/aromatic N) is 1. The monoisotopic (exact) mass is 234 g/mol. The zero-order chi connectivity index (χ0) is 12.3. The Labute approximate surface area is 103 Å². The van der Waals surface area contributed by atoms with Gasteiger partial charge in [0.05, 0.1) is 5.60 Å². The largest absolute Gasteiger partial charge is 0.390 e. The Morgan fingerprint density at radius 2 is 1.88 bits per heavy atom. The van der Waals surface area contributed by atoms with Gasteiger partial charge in [0.25, 0.3) is 0 Å². The summed E-state index contributed by atoms with van der Waals surface area (Å²) in [5, 5.41) is 9.96. The van der Waals surface area contributed by atoms with Gasteiger partial charge in [-0.2, -0.15) is 0 Å². The Morgan fingerprint density at radius 1 is 1.29 bits per heavy atom. The van der Waals surface area contributed by atoms with E-state index < -0.39 is 5.60 Å². The number of hydrogen-bond donors (Lipinski definition) is 2. The molecule has 94 valence electrons. The maximum absolute atomic E-state index is 9.96. The molecule has 0 radical (unpaired) electrons. The fourth-order valence-electron chi connectivity index (χ4n) is 2.49. The van der Waals surface area contributed by atoms with Crippen LogP contribution in [-0.4, -0.2) is 35.2 Å². The first-order valence-corrected chi connectivity index (χ1v) is 6.34. The zero-order valence-corrected chi connectivity index (χ0v) is 10.5. The van der Waals surface area contributed by atoms with Crippen LogP contribution in [0.2, 0.25) is 0 Å². The van der Waals surface area contributed by atoms with Gasteiger partial charge >= 0.3 is 0 Å². The lowest BCUT2D eigenvalue weighted by atomic mass is 9.92. The molecule has 1 atom stereocenters. The quantitative estimate of drug-likeness (QED) is 0.834. The van der Waals surface area contributed by atoms with Gasteiger partial charge in [-0.15, -0.1) is 0 Å². The van der Waals surface area contributed by atoms with Gasteiger partial charge < -0.3 is 10.8 Å². The van der Waals surface area contributed by atoms with Crippen LogP contribution in [0.15, 0.2) is 30.3 Å². The maximum Gasteiger partial charge on any atom is 0.0644 e. The molecule has 1 aliphatic heterocycles. The standard InChI is InChI=1S/C14H22N2O/c1-14(17)7-9-16(10-8-14)13(11-15)12-5-3-2-4-6-12/h2-6,13,17H,7-11,15H2,1H3. The van der Waals surface area contributed by atoms with Crippen molar-refractivity contribution in [2.75, 3.05) is 19.6 Å². The highest BCUT2D eigenvalue weighted by atomic mass is 16.3. The molecule has 0 aromatic heterocycles. The second-order valence-corrected chi connectivity index (χ2v) is 5.20. The predicted molar refractivity (Wildman–Crippen MR) is 69.7 cm³/mol. The Kier molecular flexibility index (Phi) is 3.82. The van der Waals surface area contributed by atoms with Crippen molar-refractivity contribution in [1.82, 2.24) is 4.90 Å².